The molecule has 2 bridgehead atoms. The number of hydrogen-bond donors (Lipinski definition) is 2. The highest BCUT2D eigenvalue weighted by atomic mass is 16.5. The smallest absolute Gasteiger partial charge is 0.325 e. The van der Waals surface area contributed by atoms with E-state index in [9.17, 15) is 10.1 Å². The van der Waals surface area contributed by atoms with Crippen LogP contribution >= 0.6 is 0 Å². The number of aromatic nitrogens is 2. The van der Waals surface area contributed by atoms with Gasteiger partial charge in [0.15, 0.2) is 5.82 Å². The second-order valence-corrected chi connectivity index (χ2v) is 8.19. The molecule has 2 amide bonds. The number of nitrogens with zero attached hydrogens (tertiary/aromatic N) is 4. The Bertz CT molecular complexity index is 1100. The van der Waals surface area contributed by atoms with Crippen LogP contribution < -0.4 is 24.8 Å². The number of rotatable bonds is 6. The molecule has 1 aromatic carbocycles. The zero-order chi connectivity index (χ0) is 25.0. The van der Waals surface area contributed by atoms with Crippen molar-refractivity contribution in [1.82, 2.24) is 14.9 Å². The van der Waals surface area contributed by atoms with E-state index in [0.29, 0.717) is 43.4 Å². The van der Waals surface area contributed by atoms with E-state index in [-0.39, 0.29) is 17.4 Å². The molecule has 1 fully saturated rings. The summed E-state index contributed by atoms with van der Waals surface area (Å²) in [5.41, 5.74) is 0.509. The molecule has 0 aliphatic carbocycles. The minimum atomic E-state index is -0.544. The lowest BCUT2D eigenvalue weighted by molar-refractivity contribution is 0.0368. The number of anilines is 2. The summed E-state index contributed by atoms with van der Waals surface area (Å²) >= 11 is 0. The molecule has 4 rings (SSSR count). The Labute approximate surface area is 210 Å². The lowest BCUT2D eigenvalue weighted by Crippen LogP contribution is -2.36. The van der Waals surface area contributed by atoms with Crippen LogP contribution in [0.3, 0.4) is 0 Å². The summed E-state index contributed by atoms with van der Waals surface area (Å²) in [6, 6.07) is 6.72. The minimum absolute atomic E-state index is 0.0506. The first kappa shape index (κ1) is 25.2. The normalized spacial score (nSPS) is 17.5. The SMILES string of the molecule is N#Cc1ncc2nc1OCC/C=C\COc1ccc(OCCCCN3CCOCC3)cc1NC(=O)N2. The summed E-state index contributed by atoms with van der Waals surface area (Å²) in [6.07, 6.45) is 7.63. The molecule has 0 spiro atoms. The number of morpholine rings is 1. The Morgan fingerprint density at radius 2 is 2.00 bits per heavy atom. The third-order valence-corrected chi connectivity index (χ3v) is 5.55. The number of nitriles is 1. The van der Waals surface area contributed by atoms with Gasteiger partial charge in [0.2, 0.25) is 5.69 Å². The number of ether oxygens (including phenoxy) is 4. The van der Waals surface area contributed by atoms with Crippen molar-refractivity contribution in [2.45, 2.75) is 19.3 Å². The topological polar surface area (TPSA) is 131 Å². The zero-order valence-electron chi connectivity index (χ0n) is 20.1. The highest BCUT2D eigenvalue weighted by molar-refractivity contribution is 6.00. The van der Waals surface area contributed by atoms with Crippen molar-refractivity contribution >= 4 is 17.5 Å². The predicted molar refractivity (Wildman–Crippen MR) is 133 cm³/mol. The van der Waals surface area contributed by atoms with Gasteiger partial charge in [0.1, 0.15) is 24.2 Å². The number of unbranched alkanes of at least 4 members (excludes halogenated alkanes) is 1. The van der Waals surface area contributed by atoms with Crippen molar-refractivity contribution in [3.8, 4) is 23.4 Å². The number of carbonyl (C=O) groups is 1. The summed E-state index contributed by atoms with van der Waals surface area (Å²) in [5, 5.41) is 14.6. The van der Waals surface area contributed by atoms with Crippen molar-refractivity contribution in [1.29, 1.82) is 5.26 Å². The van der Waals surface area contributed by atoms with Gasteiger partial charge in [0.05, 0.1) is 38.3 Å². The molecule has 2 aliphatic rings. The third kappa shape index (κ3) is 7.56. The molecule has 1 saturated heterocycles. The Morgan fingerprint density at radius 3 is 2.86 bits per heavy atom. The van der Waals surface area contributed by atoms with Gasteiger partial charge in [-0.1, -0.05) is 12.2 Å². The molecule has 0 radical (unpaired) electrons. The van der Waals surface area contributed by atoms with Gasteiger partial charge in [0.25, 0.3) is 5.88 Å². The van der Waals surface area contributed by atoms with Crippen LogP contribution in [0.15, 0.2) is 36.5 Å². The van der Waals surface area contributed by atoms with Crippen LogP contribution in [0.25, 0.3) is 0 Å². The number of hydrogen-bond acceptors (Lipinski definition) is 9. The third-order valence-electron chi connectivity index (χ3n) is 5.55. The quantitative estimate of drug-likeness (QED) is 0.459. The summed E-state index contributed by atoms with van der Waals surface area (Å²) in [6.45, 7) is 5.79. The predicted octanol–water partition coefficient (Wildman–Crippen LogP) is 3.20. The van der Waals surface area contributed by atoms with Crippen molar-refractivity contribution in [2.24, 2.45) is 0 Å². The highest BCUT2D eigenvalue weighted by Crippen LogP contribution is 2.30. The summed E-state index contributed by atoms with van der Waals surface area (Å²) in [5.74, 6) is 1.36. The second kappa shape index (κ2) is 13.3. The Kier molecular flexibility index (Phi) is 9.30. The number of fused-ring (bicyclic) bond motifs is 3. The molecular formula is C25H30N6O5. The maximum absolute atomic E-state index is 12.7. The van der Waals surface area contributed by atoms with E-state index in [2.05, 4.69) is 25.5 Å². The molecule has 190 valence electrons. The van der Waals surface area contributed by atoms with Gasteiger partial charge in [-0.2, -0.15) is 10.2 Å². The molecule has 2 aromatic rings. The molecule has 36 heavy (non-hydrogen) atoms. The average Bonchev–Trinajstić information content (AvgIpc) is 2.89. The maximum Gasteiger partial charge on any atom is 0.325 e. The van der Waals surface area contributed by atoms with E-state index in [1.165, 1.54) is 6.20 Å². The molecule has 11 nitrogen and oxygen atoms in total. The van der Waals surface area contributed by atoms with E-state index < -0.39 is 6.03 Å². The van der Waals surface area contributed by atoms with Gasteiger partial charge in [-0.25, -0.2) is 9.78 Å². The fourth-order valence-corrected chi connectivity index (χ4v) is 3.70. The lowest BCUT2D eigenvalue weighted by Gasteiger charge is -2.26. The van der Waals surface area contributed by atoms with Crippen LogP contribution in [0.4, 0.5) is 16.3 Å². The Balaban J connectivity index is 1.39. The lowest BCUT2D eigenvalue weighted by atomic mass is 10.2. The number of nitrogens with one attached hydrogen (secondary N) is 2. The number of amides is 2. The van der Waals surface area contributed by atoms with Gasteiger partial charge >= 0.3 is 6.03 Å². The van der Waals surface area contributed by atoms with Crippen molar-refractivity contribution < 1.29 is 23.7 Å². The number of urea groups is 1. The largest absolute Gasteiger partial charge is 0.494 e. The van der Waals surface area contributed by atoms with Crippen LogP contribution in [0.2, 0.25) is 0 Å². The Hall–Kier alpha value is -3.88. The molecule has 2 N–H and O–H groups in total. The van der Waals surface area contributed by atoms with Crippen LogP contribution in [0.5, 0.6) is 17.4 Å². The molecule has 2 aliphatic heterocycles. The van der Waals surface area contributed by atoms with Gasteiger partial charge < -0.3 is 24.3 Å². The first-order valence-electron chi connectivity index (χ1n) is 12.0. The fourth-order valence-electron chi connectivity index (χ4n) is 3.70. The molecule has 3 heterocycles. The second-order valence-electron chi connectivity index (χ2n) is 8.19. The van der Waals surface area contributed by atoms with E-state index in [1.807, 2.05) is 24.3 Å². The molecule has 0 saturated carbocycles. The average molecular weight is 495 g/mol. The number of carbonyl (C=O) groups excluding carboxylic acids is 1. The van der Waals surface area contributed by atoms with Crippen LogP contribution in [-0.2, 0) is 4.74 Å². The molecule has 11 heteroatoms. The van der Waals surface area contributed by atoms with E-state index in [0.717, 1.165) is 45.7 Å². The number of benzene rings is 1. The highest BCUT2D eigenvalue weighted by Gasteiger charge is 2.14. The zero-order valence-corrected chi connectivity index (χ0v) is 20.1. The van der Waals surface area contributed by atoms with Crippen LogP contribution in [0.1, 0.15) is 25.0 Å². The summed E-state index contributed by atoms with van der Waals surface area (Å²) in [4.78, 5) is 23.3. The van der Waals surface area contributed by atoms with Crippen molar-refractivity contribution in [3.05, 3.63) is 42.2 Å². The van der Waals surface area contributed by atoms with Gasteiger partial charge in [-0.15, -0.1) is 0 Å². The summed E-state index contributed by atoms with van der Waals surface area (Å²) < 4.78 is 22.7. The molecule has 1 aromatic heterocycles. The van der Waals surface area contributed by atoms with Crippen molar-refractivity contribution in [2.75, 3.05) is 63.3 Å². The van der Waals surface area contributed by atoms with Crippen LogP contribution in [-0.4, -0.2) is 73.6 Å². The van der Waals surface area contributed by atoms with Crippen molar-refractivity contribution in [3.63, 3.8) is 0 Å². The molecular weight excluding hydrogens is 464 g/mol. The van der Waals surface area contributed by atoms with Gasteiger partial charge in [-0.05, 0) is 37.9 Å². The molecule has 0 unspecified atom stereocenters. The van der Waals surface area contributed by atoms with Crippen LogP contribution in [0, 0.1) is 11.3 Å². The maximum atomic E-state index is 12.7. The standard InChI is InChI=1S/C25H30N6O5/c26-17-21-24-29-23(18-27-21)30-25(32)28-20-16-19(6-7-22(20)35-12-3-1-4-13-36-24)34-11-5-2-8-31-9-14-33-15-10-31/h1,3,6-7,16,18H,2,4-5,8-15H2,(H2,28,29,30,32)/b3-1-. The Morgan fingerprint density at radius 1 is 1.11 bits per heavy atom. The van der Waals surface area contributed by atoms with E-state index >= 15 is 0 Å². The summed E-state index contributed by atoms with van der Waals surface area (Å²) in [7, 11) is 0. The minimum Gasteiger partial charge on any atom is -0.494 e. The fraction of sp³-hybridized carbons (Fsp3) is 0.440. The molecule has 0 atom stereocenters. The van der Waals surface area contributed by atoms with Gasteiger partial charge in [-0.3, -0.25) is 10.2 Å². The first-order valence-corrected chi connectivity index (χ1v) is 12.0. The first-order chi connectivity index (χ1) is 17.7. The monoisotopic (exact) mass is 494 g/mol. The van der Waals surface area contributed by atoms with E-state index in [4.69, 9.17) is 18.9 Å². The van der Waals surface area contributed by atoms with E-state index in [1.54, 1.807) is 12.1 Å². The van der Waals surface area contributed by atoms with Gasteiger partial charge in [0, 0.05) is 19.2 Å².